The molecule has 1 N–H and O–H groups in total. The predicted octanol–water partition coefficient (Wildman–Crippen LogP) is 2.69. The highest BCUT2D eigenvalue weighted by atomic mass is 32.1. The molecule has 0 aromatic carbocycles. The summed E-state index contributed by atoms with van der Waals surface area (Å²) in [5.41, 5.74) is 2.48. The van der Waals surface area contributed by atoms with Crippen molar-refractivity contribution in [1.29, 1.82) is 0 Å². The zero-order valence-corrected chi connectivity index (χ0v) is 9.94. The van der Waals surface area contributed by atoms with Gasteiger partial charge in [0.05, 0.1) is 11.1 Å². The minimum Gasteiger partial charge on any atom is -0.469 e. The quantitative estimate of drug-likeness (QED) is 0.653. The molecule has 0 aliphatic carbocycles. The van der Waals surface area contributed by atoms with Crippen molar-refractivity contribution in [2.45, 2.75) is 12.8 Å². The number of nitrogens with one attached hydrogen (secondary N) is 1. The fourth-order valence-corrected chi connectivity index (χ4v) is 1.91. The summed E-state index contributed by atoms with van der Waals surface area (Å²) < 4.78 is 5.17. The highest BCUT2D eigenvalue weighted by Gasteiger charge is 2.03. The average molecular weight is 248 g/mol. The molecule has 2 heterocycles. The molecule has 17 heavy (non-hydrogen) atoms. The molecule has 1 amide bonds. The van der Waals surface area contributed by atoms with Crippen LogP contribution in [0.5, 0.6) is 0 Å². The van der Waals surface area contributed by atoms with Gasteiger partial charge in [-0.15, -0.1) is 11.3 Å². The van der Waals surface area contributed by atoms with Crippen LogP contribution in [0, 0.1) is 0 Å². The maximum absolute atomic E-state index is 11.5. The van der Waals surface area contributed by atoms with Gasteiger partial charge in [0.1, 0.15) is 5.76 Å². The number of thiophene rings is 1. The number of hydrogen-bond acceptors (Lipinski definition) is 4. The van der Waals surface area contributed by atoms with Crippen molar-refractivity contribution in [3.05, 3.63) is 46.5 Å². The van der Waals surface area contributed by atoms with E-state index < -0.39 is 0 Å². The van der Waals surface area contributed by atoms with Gasteiger partial charge >= 0.3 is 0 Å². The normalized spacial score (nSPS) is 10.8. The van der Waals surface area contributed by atoms with Crippen molar-refractivity contribution in [3.63, 3.8) is 0 Å². The molecule has 0 saturated carbocycles. The summed E-state index contributed by atoms with van der Waals surface area (Å²) in [5, 5.41) is 5.72. The van der Waals surface area contributed by atoms with Gasteiger partial charge < -0.3 is 4.42 Å². The van der Waals surface area contributed by atoms with E-state index in [1.165, 1.54) is 11.3 Å². The van der Waals surface area contributed by atoms with E-state index in [0.717, 1.165) is 18.6 Å². The smallest absolute Gasteiger partial charge is 0.281 e. The SMILES string of the molecule is O=C(N/N=C/CCc1ccco1)c1cccs1. The lowest BCUT2D eigenvalue weighted by molar-refractivity contribution is 0.0959. The van der Waals surface area contributed by atoms with Gasteiger partial charge in [-0.2, -0.15) is 5.10 Å². The molecule has 2 rings (SSSR count). The van der Waals surface area contributed by atoms with Crippen LogP contribution < -0.4 is 5.43 Å². The molecule has 0 radical (unpaired) electrons. The summed E-state index contributed by atoms with van der Waals surface area (Å²) >= 11 is 1.39. The Morgan fingerprint density at radius 1 is 1.47 bits per heavy atom. The molecular weight excluding hydrogens is 236 g/mol. The van der Waals surface area contributed by atoms with Gasteiger partial charge in [-0.3, -0.25) is 4.79 Å². The number of carbonyl (C=O) groups is 1. The van der Waals surface area contributed by atoms with Crippen molar-refractivity contribution in [3.8, 4) is 0 Å². The Morgan fingerprint density at radius 3 is 3.12 bits per heavy atom. The number of hydrogen-bond donors (Lipinski definition) is 1. The van der Waals surface area contributed by atoms with Gasteiger partial charge in [0.2, 0.25) is 0 Å². The summed E-state index contributed by atoms with van der Waals surface area (Å²) in [6, 6.07) is 7.36. The Kier molecular flexibility index (Phi) is 4.10. The third kappa shape index (κ3) is 3.57. The van der Waals surface area contributed by atoms with Crippen LogP contribution in [0.1, 0.15) is 21.9 Å². The number of hydrazone groups is 1. The highest BCUT2D eigenvalue weighted by Crippen LogP contribution is 2.07. The first kappa shape index (κ1) is 11.6. The molecule has 0 fully saturated rings. The minimum absolute atomic E-state index is 0.172. The van der Waals surface area contributed by atoms with Crippen LogP contribution in [-0.4, -0.2) is 12.1 Å². The van der Waals surface area contributed by atoms with Crippen LogP contribution >= 0.6 is 11.3 Å². The molecule has 5 heteroatoms. The van der Waals surface area contributed by atoms with Crippen LogP contribution in [-0.2, 0) is 6.42 Å². The van der Waals surface area contributed by atoms with Crippen molar-refractivity contribution in [2.75, 3.05) is 0 Å². The summed E-state index contributed by atoms with van der Waals surface area (Å²) in [6.07, 6.45) is 4.84. The second-order valence-corrected chi connectivity index (χ2v) is 4.30. The third-order valence-electron chi connectivity index (χ3n) is 2.10. The van der Waals surface area contributed by atoms with Crippen LogP contribution in [0.25, 0.3) is 0 Å². The van der Waals surface area contributed by atoms with E-state index >= 15 is 0 Å². The Morgan fingerprint density at radius 2 is 2.41 bits per heavy atom. The van der Waals surface area contributed by atoms with Gasteiger partial charge in [-0.25, -0.2) is 5.43 Å². The van der Waals surface area contributed by atoms with E-state index in [1.807, 2.05) is 23.6 Å². The first-order valence-corrected chi connectivity index (χ1v) is 6.12. The number of aryl methyl sites for hydroxylation is 1. The fourth-order valence-electron chi connectivity index (χ4n) is 1.29. The standard InChI is InChI=1S/C12H12N2O2S/c15-12(11-6-3-9-17-11)14-13-7-1-4-10-5-2-8-16-10/h2-3,5-9H,1,4H2,(H,14,15)/b13-7+. The zero-order valence-electron chi connectivity index (χ0n) is 9.13. The summed E-state index contributed by atoms with van der Waals surface area (Å²) in [5.74, 6) is 0.746. The highest BCUT2D eigenvalue weighted by molar-refractivity contribution is 7.12. The van der Waals surface area contributed by atoms with Gasteiger partial charge in [0.25, 0.3) is 5.91 Å². The Bertz CT molecular complexity index is 475. The molecule has 2 aromatic heterocycles. The lowest BCUT2D eigenvalue weighted by Gasteiger charge is -1.95. The van der Waals surface area contributed by atoms with Crippen molar-refractivity contribution in [1.82, 2.24) is 5.43 Å². The maximum Gasteiger partial charge on any atom is 0.281 e. The molecule has 2 aromatic rings. The van der Waals surface area contributed by atoms with E-state index in [-0.39, 0.29) is 5.91 Å². The van der Waals surface area contributed by atoms with Crippen LogP contribution in [0.2, 0.25) is 0 Å². The monoisotopic (exact) mass is 248 g/mol. The van der Waals surface area contributed by atoms with Gasteiger partial charge in [0, 0.05) is 12.6 Å². The minimum atomic E-state index is -0.172. The van der Waals surface area contributed by atoms with Crippen LogP contribution in [0.3, 0.4) is 0 Å². The number of carbonyl (C=O) groups excluding carboxylic acids is 1. The summed E-state index contributed by atoms with van der Waals surface area (Å²) in [6.45, 7) is 0. The maximum atomic E-state index is 11.5. The summed E-state index contributed by atoms with van der Waals surface area (Å²) in [7, 11) is 0. The number of furan rings is 1. The largest absolute Gasteiger partial charge is 0.469 e. The topological polar surface area (TPSA) is 54.6 Å². The molecule has 0 atom stereocenters. The predicted molar refractivity (Wildman–Crippen MR) is 67.3 cm³/mol. The molecule has 0 aliphatic heterocycles. The van der Waals surface area contributed by atoms with E-state index in [2.05, 4.69) is 10.5 Å². The molecule has 0 saturated heterocycles. The Balaban J connectivity index is 1.70. The second-order valence-electron chi connectivity index (χ2n) is 3.35. The fraction of sp³-hybridized carbons (Fsp3) is 0.167. The van der Waals surface area contributed by atoms with Crippen LogP contribution in [0.15, 0.2) is 45.4 Å². The first-order valence-electron chi connectivity index (χ1n) is 5.24. The van der Waals surface area contributed by atoms with Gasteiger partial charge in [-0.1, -0.05) is 6.07 Å². The zero-order chi connectivity index (χ0) is 11.9. The van der Waals surface area contributed by atoms with Crippen molar-refractivity contribution >= 4 is 23.5 Å². The lowest BCUT2D eigenvalue weighted by Crippen LogP contribution is -2.15. The van der Waals surface area contributed by atoms with E-state index in [1.54, 1.807) is 18.5 Å². The molecule has 0 aliphatic rings. The van der Waals surface area contributed by atoms with Crippen molar-refractivity contribution < 1.29 is 9.21 Å². The third-order valence-corrected chi connectivity index (χ3v) is 2.97. The van der Waals surface area contributed by atoms with Crippen molar-refractivity contribution in [2.24, 2.45) is 5.10 Å². The van der Waals surface area contributed by atoms with Gasteiger partial charge in [0.15, 0.2) is 0 Å². The summed E-state index contributed by atoms with van der Waals surface area (Å²) in [4.78, 5) is 12.1. The molecular formula is C12H12N2O2S. The molecule has 0 spiro atoms. The molecule has 0 bridgehead atoms. The van der Waals surface area contributed by atoms with E-state index in [0.29, 0.717) is 4.88 Å². The van der Waals surface area contributed by atoms with Gasteiger partial charge in [-0.05, 0) is 30.0 Å². The number of rotatable bonds is 5. The van der Waals surface area contributed by atoms with E-state index in [9.17, 15) is 4.79 Å². The Labute approximate surface area is 103 Å². The number of amides is 1. The lowest BCUT2D eigenvalue weighted by atomic mass is 10.3. The molecule has 4 nitrogen and oxygen atoms in total. The molecule has 88 valence electrons. The second kappa shape index (κ2) is 6.00. The van der Waals surface area contributed by atoms with Crippen LogP contribution in [0.4, 0.5) is 0 Å². The Hall–Kier alpha value is -1.88. The number of nitrogens with zero attached hydrogens (tertiary/aromatic N) is 1. The molecule has 0 unspecified atom stereocenters. The van der Waals surface area contributed by atoms with E-state index in [4.69, 9.17) is 4.42 Å². The first-order chi connectivity index (χ1) is 8.36. The average Bonchev–Trinajstić information content (AvgIpc) is 3.01.